The molecule has 0 amide bonds. The Morgan fingerprint density at radius 1 is 0.846 bits per heavy atom. The number of hydrogen-bond acceptors (Lipinski definition) is 2. The summed E-state index contributed by atoms with van der Waals surface area (Å²) in [6.45, 7) is 0. The van der Waals surface area contributed by atoms with Gasteiger partial charge in [-0.15, -0.1) is 0 Å². The van der Waals surface area contributed by atoms with E-state index in [-0.39, 0.29) is 11.4 Å². The van der Waals surface area contributed by atoms with Crippen molar-refractivity contribution in [2.45, 2.75) is 0 Å². The molecule has 3 aromatic carbocycles. The van der Waals surface area contributed by atoms with Gasteiger partial charge in [-0.3, -0.25) is 4.98 Å². The first-order valence-electron chi connectivity index (χ1n) is 8.11. The number of halogens is 1. The van der Waals surface area contributed by atoms with Crippen LogP contribution in [0.1, 0.15) is 10.4 Å². The molecule has 1 aromatic heterocycles. The first kappa shape index (κ1) is 16.0. The maximum atomic E-state index is 13.6. The molecule has 0 aliphatic carbocycles. The molecule has 126 valence electrons. The summed E-state index contributed by atoms with van der Waals surface area (Å²) < 4.78 is 13.6. The molecule has 0 bridgehead atoms. The van der Waals surface area contributed by atoms with Crippen LogP contribution in [-0.2, 0) is 0 Å². The van der Waals surface area contributed by atoms with Crippen LogP contribution in [0.25, 0.3) is 33.2 Å². The molecule has 3 nitrogen and oxygen atoms in total. The van der Waals surface area contributed by atoms with Crippen LogP contribution in [0.5, 0.6) is 0 Å². The third-order valence-corrected chi connectivity index (χ3v) is 4.33. The zero-order chi connectivity index (χ0) is 18.1. The Morgan fingerprint density at radius 2 is 1.62 bits per heavy atom. The molecule has 26 heavy (non-hydrogen) atoms. The molecule has 1 heterocycles. The fraction of sp³-hybridized carbons (Fsp3) is 0. The molecule has 0 saturated heterocycles. The minimum Gasteiger partial charge on any atom is -0.478 e. The molecule has 4 aromatic rings. The van der Waals surface area contributed by atoms with Gasteiger partial charge in [-0.2, -0.15) is 0 Å². The van der Waals surface area contributed by atoms with Crippen LogP contribution in [0.4, 0.5) is 4.39 Å². The monoisotopic (exact) mass is 343 g/mol. The minimum atomic E-state index is -0.980. The van der Waals surface area contributed by atoms with Crippen LogP contribution in [0.2, 0.25) is 0 Å². The van der Waals surface area contributed by atoms with Gasteiger partial charge in [0.2, 0.25) is 0 Å². The van der Waals surface area contributed by atoms with E-state index in [0.717, 1.165) is 27.6 Å². The van der Waals surface area contributed by atoms with Gasteiger partial charge in [0.05, 0.1) is 11.1 Å². The SMILES string of the molecule is O=C(O)c1ccccc1-c1cccc2ncc(-c3cccc(F)c3)cc12. The molecule has 4 rings (SSSR count). The predicted molar refractivity (Wildman–Crippen MR) is 99.5 cm³/mol. The summed E-state index contributed by atoms with van der Waals surface area (Å²) in [7, 11) is 0. The van der Waals surface area contributed by atoms with E-state index in [2.05, 4.69) is 4.98 Å². The number of carbonyl (C=O) groups is 1. The summed E-state index contributed by atoms with van der Waals surface area (Å²) in [6, 6.07) is 20.7. The number of pyridine rings is 1. The second-order valence-electron chi connectivity index (χ2n) is 5.96. The van der Waals surface area contributed by atoms with E-state index < -0.39 is 5.97 Å². The Hall–Kier alpha value is -3.53. The number of aromatic nitrogens is 1. The van der Waals surface area contributed by atoms with Crippen molar-refractivity contribution >= 4 is 16.9 Å². The first-order chi connectivity index (χ1) is 12.6. The smallest absolute Gasteiger partial charge is 0.336 e. The molecular weight excluding hydrogens is 329 g/mol. The molecule has 0 saturated carbocycles. The van der Waals surface area contributed by atoms with E-state index in [1.807, 2.05) is 36.4 Å². The summed E-state index contributed by atoms with van der Waals surface area (Å²) in [4.78, 5) is 16.1. The van der Waals surface area contributed by atoms with Crippen LogP contribution < -0.4 is 0 Å². The van der Waals surface area contributed by atoms with E-state index in [1.165, 1.54) is 12.1 Å². The van der Waals surface area contributed by atoms with E-state index in [1.54, 1.807) is 30.5 Å². The number of benzene rings is 3. The number of nitrogens with zero attached hydrogens (tertiary/aromatic N) is 1. The maximum Gasteiger partial charge on any atom is 0.336 e. The van der Waals surface area contributed by atoms with Gasteiger partial charge in [0, 0.05) is 17.1 Å². The van der Waals surface area contributed by atoms with Gasteiger partial charge in [-0.1, -0.05) is 42.5 Å². The van der Waals surface area contributed by atoms with Gasteiger partial charge in [0.15, 0.2) is 0 Å². The number of aromatic carboxylic acids is 1. The lowest BCUT2D eigenvalue weighted by molar-refractivity contribution is 0.0697. The Morgan fingerprint density at radius 3 is 2.42 bits per heavy atom. The Labute approximate surface area is 149 Å². The summed E-state index contributed by atoms with van der Waals surface area (Å²) in [5, 5.41) is 10.3. The average molecular weight is 343 g/mol. The molecule has 0 spiro atoms. The normalized spacial score (nSPS) is 10.8. The van der Waals surface area contributed by atoms with Gasteiger partial charge in [0.1, 0.15) is 5.82 Å². The topological polar surface area (TPSA) is 50.2 Å². The fourth-order valence-electron chi connectivity index (χ4n) is 3.11. The average Bonchev–Trinajstić information content (AvgIpc) is 2.67. The molecule has 0 atom stereocenters. The molecule has 0 radical (unpaired) electrons. The highest BCUT2D eigenvalue weighted by Crippen LogP contribution is 2.33. The highest BCUT2D eigenvalue weighted by Gasteiger charge is 2.14. The lowest BCUT2D eigenvalue weighted by Crippen LogP contribution is -1.99. The van der Waals surface area contributed by atoms with Gasteiger partial charge in [-0.05, 0) is 47.0 Å². The molecule has 0 fully saturated rings. The first-order valence-corrected chi connectivity index (χ1v) is 8.11. The summed E-state index contributed by atoms with van der Waals surface area (Å²) >= 11 is 0. The van der Waals surface area contributed by atoms with Gasteiger partial charge in [0.25, 0.3) is 0 Å². The standard InChI is InChI=1S/C22H14FNO2/c23-16-6-3-5-14(11-16)15-12-20-18(9-4-10-21(20)24-13-15)17-7-1-2-8-19(17)22(25)26/h1-13H,(H,25,26). The van der Waals surface area contributed by atoms with Crippen LogP contribution in [0.15, 0.2) is 79.0 Å². The van der Waals surface area contributed by atoms with Crippen LogP contribution in [0, 0.1) is 5.82 Å². The zero-order valence-corrected chi connectivity index (χ0v) is 13.7. The van der Waals surface area contributed by atoms with E-state index >= 15 is 0 Å². The Balaban J connectivity index is 1.97. The predicted octanol–water partition coefficient (Wildman–Crippen LogP) is 5.41. The Kier molecular flexibility index (Phi) is 3.93. The minimum absolute atomic E-state index is 0.233. The molecule has 0 unspecified atom stereocenters. The fourth-order valence-corrected chi connectivity index (χ4v) is 3.11. The number of fused-ring (bicyclic) bond motifs is 1. The van der Waals surface area contributed by atoms with Crippen molar-refractivity contribution in [3.8, 4) is 22.3 Å². The Bertz CT molecular complexity index is 1140. The van der Waals surface area contributed by atoms with Crippen molar-refractivity contribution < 1.29 is 14.3 Å². The van der Waals surface area contributed by atoms with Crippen molar-refractivity contribution in [3.63, 3.8) is 0 Å². The molecule has 4 heteroatoms. The van der Waals surface area contributed by atoms with Crippen molar-refractivity contribution in [2.75, 3.05) is 0 Å². The van der Waals surface area contributed by atoms with Crippen molar-refractivity contribution in [2.24, 2.45) is 0 Å². The lowest BCUT2D eigenvalue weighted by atomic mass is 9.94. The maximum absolute atomic E-state index is 13.6. The number of hydrogen-bond donors (Lipinski definition) is 1. The molecule has 0 aliphatic rings. The second-order valence-corrected chi connectivity index (χ2v) is 5.96. The zero-order valence-electron chi connectivity index (χ0n) is 13.7. The van der Waals surface area contributed by atoms with Crippen LogP contribution >= 0.6 is 0 Å². The highest BCUT2D eigenvalue weighted by molar-refractivity contribution is 6.03. The summed E-state index contributed by atoms with van der Waals surface area (Å²) in [5.41, 5.74) is 3.90. The highest BCUT2D eigenvalue weighted by atomic mass is 19.1. The van der Waals surface area contributed by atoms with Crippen molar-refractivity contribution in [1.82, 2.24) is 4.98 Å². The van der Waals surface area contributed by atoms with Crippen molar-refractivity contribution in [3.05, 3.63) is 90.4 Å². The number of carboxylic acids is 1. The largest absolute Gasteiger partial charge is 0.478 e. The third-order valence-electron chi connectivity index (χ3n) is 4.33. The van der Waals surface area contributed by atoms with Gasteiger partial charge in [-0.25, -0.2) is 9.18 Å². The van der Waals surface area contributed by atoms with Crippen LogP contribution in [0.3, 0.4) is 0 Å². The van der Waals surface area contributed by atoms with E-state index in [9.17, 15) is 14.3 Å². The lowest BCUT2D eigenvalue weighted by Gasteiger charge is -2.11. The van der Waals surface area contributed by atoms with Crippen LogP contribution in [-0.4, -0.2) is 16.1 Å². The van der Waals surface area contributed by atoms with Crippen molar-refractivity contribution in [1.29, 1.82) is 0 Å². The summed E-state index contributed by atoms with van der Waals surface area (Å²) in [5.74, 6) is -1.29. The molecular formula is C22H14FNO2. The van der Waals surface area contributed by atoms with E-state index in [4.69, 9.17) is 0 Å². The second kappa shape index (κ2) is 6.41. The quantitative estimate of drug-likeness (QED) is 0.541. The number of carboxylic acid groups (broad SMARTS) is 1. The van der Waals surface area contributed by atoms with Gasteiger partial charge < -0.3 is 5.11 Å². The van der Waals surface area contributed by atoms with Gasteiger partial charge >= 0.3 is 5.97 Å². The number of rotatable bonds is 3. The summed E-state index contributed by atoms with van der Waals surface area (Å²) in [6.07, 6.45) is 1.70. The molecule has 0 aliphatic heterocycles. The third kappa shape index (κ3) is 2.82. The molecule has 1 N–H and O–H groups in total. The van der Waals surface area contributed by atoms with E-state index in [0.29, 0.717) is 5.56 Å².